The van der Waals surface area contributed by atoms with Crippen molar-refractivity contribution in [3.8, 4) is 0 Å². The first-order valence-electron chi connectivity index (χ1n) is 7.85. The van der Waals surface area contributed by atoms with Crippen LogP contribution in [0.5, 0.6) is 0 Å². The van der Waals surface area contributed by atoms with E-state index >= 15 is 0 Å². The van der Waals surface area contributed by atoms with Crippen molar-refractivity contribution in [3.63, 3.8) is 0 Å². The molecular formula is C16H20FN3O3. The Balaban J connectivity index is 1.53. The van der Waals surface area contributed by atoms with Crippen LogP contribution in [0.25, 0.3) is 0 Å². The lowest BCUT2D eigenvalue weighted by atomic mass is 9.93. The van der Waals surface area contributed by atoms with Crippen molar-refractivity contribution in [1.29, 1.82) is 0 Å². The van der Waals surface area contributed by atoms with E-state index in [2.05, 4.69) is 10.6 Å². The summed E-state index contributed by atoms with van der Waals surface area (Å²) >= 11 is 0. The second kappa shape index (κ2) is 6.95. The number of halogens is 1. The minimum Gasteiger partial charge on any atom is -0.365 e. The number of hydrogen-bond acceptors (Lipinski definition) is 3. The zero-order valence-electron chi connectivity index (χ0n) is 12.8. The minimum absolute atomic E-state index is 0.158. The number of carbonyl (C=O) groups is 2. The van der Waals surface area contributed by atoms with Gasteiger partial charge in [-0.3, -0.25) is 4.79 Å². The van der Waals surface area contributed by atoms with Gasteiger partial charge in [0.2, 0.25) is 0 Å². The third kappa shape index (κ3) is 3.98. The van der Waals surface area contributed by atoms with Crippen molar-refractivity contribution in [1.82, 2.24) is 10.2 Å². The lowest BCUT2D eigenvalue weighted by Gasteiger charge is -2.34. The van der Waals surface area contributed by atoms with Gasteiger partial charge < -0.3 is 20.3 Å². The lowest BCUT2D eigenvalue weighted by Crippen LogP contribution is -2.54. The zero-order chi connectivity index (χ0) is 16.2. The molecule has 0 radical (unpaired) electrons. The largest absolute Gasteiger partial charge is 0.365 e. The topological polar surface area (TPSA) is 70.7 Å². The Bertz CT molecular complexity index is 574. The number of nitrogens with zero attached hydrogens (tertiary/aromatic N) is 1. The fourth-order valence-electron chi connectivity index (χ4n) is 2.57. The first-order chi connectivity index (χ1) is 11.1. The monoisotopic (exact) mass is 321 g/mol. The Morgan fingerprint density at radius 1 is 1.22 bits per heavy atom. The van der Waals surface area contributed by atoms with E-state index in [0.717, 1.165) is 19.3 Å². The summed E-state index contributed by atoms with van der Waals surface area (Å²) in [6, 6.07) is 5.48. The summed E-state index contributed by atoms with van der Waals surface area (Å²) < 4.78 is 18.3. The van der Waals surface area contributed by atoms with E-state index in [4.69, 9.17) is 4.74 Å². The maximum absolute atomic E-state index is 12.9. The first-order valence-corrected chi connectivity index (χ1v) is 7.85. The Hall–Kier alpha value is -2.15. The van der Waals surface area contributed by atoms with Crippen LogP contribution < -0.4 is 10.6 Å². The summed E-state index contributed by atoms with van der Waals surface area (Å²) in [5.74, 6) is -0.518. The van der Waals surface area contributed by atoms with Gasteiger partial charge in [0, 0.05) is 18.3 Å². The molecule has 1 atom stereocenters. The molecule has 1 heterocycles. The zero-order valence-corrected chi connectivity index (χ0v) is 12.8. The Kier molecular flexibility index (Phi) is 4.76. The molecule has 1 aromatic carbocycles. The number of rotatable bonds is 3. The van der Waals surface area contributed by atoms with Gasteiger partial charge in [-0.1, -0.05) is 0 Å². The van der Waals surface area contributed by atoms with Crippen LogP contribution in [0, 0.1) is 5.82 Å². The summed E-state index contributed by atoms with van der Waals surface area (Å²) in [7, 11) is 0. The van der Waals surface area contributed by atoms with Gasteiger partial charge in [0.1, 0.15) is 5.82 Å². The summed E-state index contributed by atoms with van der Waals surface area (Å²) in [6.07, 6.45) is 2.52. The highest BCUT2D eigenvalue weighted by atomic mass is 19.1. The normalized spacial score (nSPS) is 21.4. The van der Waals surface area contributed by atoms with E-state index < -0.39 is 6.10 Å². The SMILES string of the molecule is O=C(NC1CCC1)[C@@H]1CN(C(=O)Nc2ccc(F)cc2)CCO1. The number of ether oxygens (including phenoxy) is 1. The molecule has 6 nitrogen and oxygen atoms in total. The highest BCUT2D eigenvalue weighted by Crippen LogP contribution is 2.19. The van der Waals surface area contributed by atoms with Crippen molar-refractivity contribution in [3.05, 3.63) is 30.1 Å². The highest BCUT2D eigenvalue weighted by molar-refractivity contribution is 5.90. The van der Waals surface area contributed by atoms with Crippen molar-refractivity contribution in [2.45, 2.75) is 31.4 Å². The molecule has 23 heavy (non-hydrogen) atoms. The number of hydrogen-bond donors (Lipinski definition) is 2. The van der Waals surface area contributed by atoms with E-state index in [1.807, 2.05) is 0 Å². The quantitative estimate of drug-likeness (QED) is 0.891. The molecule has 1 aliphatic carbocycles. The molecule has 0 spiro atoms. The van der Waals surface area contributed by atoms with Crippen LogP contribution in [0.15, 0.2) is 24.3 Å². The summed E-state index contributed by atoms with van der Waals surface area (Å²) in [5.41, 5.74) is 0.512. The van der Waals surface area contributed by atoms with E-state index in [0.29, 0.717) is 18.8 Å². The number of benzene rings is 1. The van der Waals surface area contributed by atoms with Crippen LogP contribution in [0.3, 0.4) is 0 Å². The van der Waals surface area contributed by atoms with Gasteiger partial charge >= 0.3 is 6.03 Å². The Morgan fingerprint density at radius 2 is 1.96 bits per heavy atom. The molecule has 3 rings (SSSR count). The molecule has 1 saturated heterocycles. The Morgan fingerprint density at radius 3 is 2.61 bits per heavy atom. The minimum atomic E-state index is -0.636. The molecular weight excluding hydrogens is 301 g/mol. The van der Waals surface area contributed by atoms with Gasteiger partial charge in [0.25, 0.3) is 5.91 Å². The van der Waals surface area contributed by atoms with Crippen LogP contribution in [0.1, 0.15) is 19.3 Å². The maximum Gasteiger partial charge on any atom is 0.322 e. The predicted octanol–water partition coefficient (Wildman–Crippen LogP) is 1.73. The molecule has 1 saturated carbocycles. The van der Waals surface area contributed by atoms with Gasteiger partial charge in [-0.25, -0.2) is 9.18 Å². The number of morpholine rings is 1. The fourth-order valence-corrected chi connectivity index (χ4v) is 2.57. The van der Waals surface area contributed by atoms with Gasteiger partial charge in [-0.05, 0) is 43.5 Å². The third-order valence-corrected chi connectivity index (χ3v) is 4.19. The predicted molar refractivity (Wildman–Crippen MR) is 82.5 cm³/mol. The summed E-state index contributed by atoms with van der Waals surface area (Å²) in [4.78, 5) is 25.9. The fraction of sp³-hybridized carbons (Fsp3) is 0.500. The molecule has 0 unspecified atom stereocenters. The van der Waals surface area contributed by atoms with Crippen molar-refractivity contribution in [2.75, 3.05) is 25.0 Å². The molecule has 124 valence electrons. The Labute approximate surface area is 134 Å². The highest BCUT2D eigenvalue weighted by Gasteiger charge is 2.31. The number of urea groups is 1. The first kappa shape index (κ1) is 15.7. The number of nitrogens with one attached hydrogen (secondary N) is 2. The second-order valence-electron chi connectivity index (χ2n) is 5.88. The number of anilines is 1. The summed E-state index contributed by atoms with van der Waals surface area (Å²) in [5, 5.41) is 5.63. The van der Waals surface area contributed by atoms with Crippen molar-refractivity contribution in [2.24, 2.45) is 0 Å². The lowest BCUT2D eigenvalue weighted by molar-refractivity contribution is -0.138. The molecule has 1 aliphatic heterocycles. The van der Waals surface area contributed by atoms with Gasteiger partial charge in [-0.15, -0.1) is 0 Å². The maximum atomic E-state index is 12.9. The van der Waals surface area contributed by atoms with Crippen LogP contribution in [-0.2, 0) is 9.53 Å². The van der Waals surface area contributed by atoms with Crippen LogP contribution in [-0.4, -0.2) is 48.7 Å². The molecule has 0 aromatic heterocycles. The van der Waals surface area contributed by atoms with Crippen LogP contribution >= 0.6 is 0 Å². The molecule has 1 aromatic rings. The van der Waals surface area contributed by atoms with Crippen LogP contribution in [0.2, 0.25) is 0 Å². The second-order valence-corrected chi connectivity index (χ2v) is 5.88. The molecule has 7 heteroatoms. The smallest absolute Gasteiger partial charge is 0.322 e. The average Bonchev–Trinajstić information content (AvgIpc) is 2.53. The summed E-state index contributed by atoms with van der Waals surface area (Å²) in [6.45, 7) is 0.950. The average molecular weight is 321 g/mol. The van der Waals surface area contributed by atoms with Gasteiger partial charge in [0.05, 0.1) is 13.2 Å². The molecule has 0 bridgehead atoms. The van der Waals surface area contributed by atoms with E-state index in [1.54, 1.807) is 0 Å². The van der Waals surface area contributed by atoms with Crippen molar-refractivity contribution >= 4 is 17.6 Å². The number of carbonyl (C=O) groups excluding carboxylic acids is 2. The van der Waals surface area contributed by atoms with Gasteiger partial charge in [0.15, 0.2) is 6.10 Å². The standard InChI is InChI=1S/C16H20FN3O3/c17-11-4-6-13(7-5-11)19-16(22)20-8-9-23-14(10-20)15(21)18-12-2-1-3-12/h4-7,12,14H,1-3,8-10H2,(H,18,21)(H,19,22)/t14-/m0/s1. The molecule has 2 fully saturated rings. The third-order valence-electron chi connectivity index (χ3n) is 4.19. The van der Waals surface area contributed by atoms with Crippen molar-refractivity contribution < 1.29 is 18.7 Å². The molecule has 2 N–H and O–H groups in total. The molecule has 2 aliphatic rings. The van der Waals surface area contributed by atoms with E-state index in [1.165, 1.54) is 29.2 Å². The van der Waals surface area contributed by atoms with E-state index in [-0.39, 0.29) is 30.3 Å². The molecule has 3 amide bonds. The van der Waals surface area contributed by atoms with Crippen LogP contribution in [0.4, 0.5) is 14.9 Å². The number of amides is 3. The van der Waals surface area contributed by atoms with E-state index in [9.17, 15) is 14.0 Å². The van der Waals surface area contributed by atoms with Gasteiger partial charge in [-0.2, -0.15) is 0 Å².